The van der Waals surface area contributed by atoms with Crippen LogP contribution in [0.25, 0.3) is 0 Å². The van der Waals surface area contributed by atoms with Gasteiger partial charge in [0.2, 0.25) is 0 Å². The second kappa shape index (κ2) is 5.67. The molecule has 1 saturated heterocycles. The zero-order valence-corrected chi connectivity index (χ0v) is 11.4. The highest BCUT2D eigenvalue weighted by atomic mass is 16.5. The molecule has 0 N–H and O–H groups in total. The van der Waals surface area contributed by atoms with E-state index in [1.807, 2.05) is 19.2 Å². The maximum atomic E-state index is 11.8. The molecule has 4 nitrogen and oxygen atoms in total. The molecule has 1 fully saturated rings. The predicted molar refractivity (Wildman–Crippen MR) is 71.9 cm³/mol. The van der Waals surface area contributed by atoms with Crippen LogP contribution in [0.4, 0.5) is 0 Å². The van der Waals surface area contributed by atoms with Crippen LogP contribution in [0.2, 0.25) is 0 Å². The molecular formula is C14H22N2O2. The largest absolute Gasteiger partial charge is 0.374 e. The summed E-state index contributed by atoms with van der Waals surface area (Å²) < 4.78 is 7.48. The summed E-state index contributed by atoms with van der Waals surface area (Å²) in [5.74, 6) is 0. The van der Waals surface area contributed by atoms with Crippen LogP contribution in [0.3, 0.4) is 0 Å². The van der Waals surface area contributed by atoms with Crippen molar-refractivity contribution in [3.63, 3.8) is 0 Å². The van der Waals surface area contributed by atoms with Crippen LogP contribution in [-0.4, -0.2) is 41.3 Å². The summed E-state index contributed by atoms with van der Waals surface area (Å²) in [6.45, 7) is 9.60. The second-order valence-corrected chi connectivity index (χ2v) is 5.28. The fraction of sp³-hybridized carbons (Fsp3) is 0.643. The summed E-state index contributed by atoms with van der Waals surface area (Å²) in [6, 6.07) is 4.17. The van der Waals surface area contributed by atoms with E-state index in [0.717, 1.165) is 25.3 Å². The van der Waals surface area contributed by atoms with Crippen LogP contribution < -0.4 is 5.56 Å². The summed E-state index contributed by atoms with van der Waals surface area (Å²) in [6.07, 6.45) is 1.97. The lowest BCUT2D eigenvalue weighted by molar-refractivity contribution is -0.0459. The van der Waals surface area contributed by atoms with E-state index < -0.39 is 0 Å². The third-order valence-electron chi connectivity index (χ3n) is 3.45. The van der Waals surface area contributed by atoms with Gasteiger partial charge in [0.15, 0.2) is 0 Å². The first kappa shape index (κ1) is 13.3. The second-order valence-electron chi connectivity index (χ2n) is 5.28. The van der Waals surface area contributed by atoms with Gasteiger partial charge in [0.05, 0.1) is 19.3 Å². The van der Waals surface area contributed by atoms with Crippen LogP contribution in [0.15, 0.2) is 23.1 Å². The quantitative estimate of drug-likeness (QED) is 0.810. The molecule has 0 saturated carbocycles. The van der Waals surface area contributed by atoms with Crippen molar-refractivity contribution in [2.24, 2.45) is 0 Å². The Balaban J connectivity index is 2.02. The molecule has 0 amide bonds. The monoisotopic (exact) mass is 250 g/mol. The molecule has 1 aliphatic rings. The lowest BCUT2D eigenvalue weighted by Gasteiger charge is -2.35. The van der Waals surface area contributed by atoms with Gasteiger partial charge in [-0.3, -0.25) is 9.69 Å². The lowest BCUT2D eigenvalue weighted by Crippen LogP contribution is -2.47. The molecule has 2 heterocycles. The molecule has 0 aromatic carbocycles. The minimum Gasteiger partial charge on any atom is -0.374 e. The summed E-state index contributed by atoms with van der Waals surface area (Å²) in [4.78, 5) is 14.2. The highest BCUT2D eigenvalue weighted by Gasteiger charge is 2.22. The molecule has 1 aromatic rings. The molecule has 1 atom stereocenters. The van der Waals surface area contributed by atoms with Crippen molar-refractivity contribution in [2.75, 3.05) is 19.7 Å². The molecule has 1 aromatic heterocycles. The number of ether oxygens (including phenoxy) is 1. The Bertz CT molecular complexity index is 453. The summed E-state index contributed by atoms with van der Waals surface area (Å²) in [5.41, 5.74) is 1.06. The topological polar surface area (TPSA) is 34.5 Å². The van der Waals surface area contributed by atoms with Gasteiger partial charge in [-0.1, -0.05) is 0 Å². The van der Waals surface area contributed by atoms with Crippen LogP contribution in [0.1, 0.15) is 19.4 Å². The smallest absolute Gasteiger partial charge is 0.250 e. The van der Waals surface area contributed by atoms with Gasteiger partial charge in [-0.25, -0.2) is 0 Å². The van der Waals surface area contributed by atoms with E-state index in [2.05, 4.69) is 18.7 Å². The number of hydrogen-bond acceptors (Lipinski definition) is 3. The number of rotatable bonds is 3. The highest BCUT2D eigenvalue weighted by molar-refractivity contribution is 5.08. The van der Waals surface area contributed by atoms with Crippen molar-refractivity contribution in [2.45, 2.75) is 39.5 Å². The molecular weight excluding hydrogens is 228 g/mol. The molecule has 1 unspecified atom stereocenters. The van der Waals surface area contributed by atoms with Crippen molar-refractivity contribution < 1.29 is 4.74 Å². The Hall–Kier alpha value is -1.13. The van der Waals surface area contributed by atoms with E-state index in [4.69, 9.17) is 4.74 Å². The fourth-order valence-electron chi connectivity index (χ4n) is 2.30. The average molecular weight is 250 g/mol. The van der Waals surface area contributed by atoms with Gasteiger partial charge in [-0.15, -0.1) is 0 Å². The zero-order valence-electron chi connectivity index (χ0n) is 11.4. The highest BCUT2D eigenvalue weighted by Crippen LogP contribution is 2.10. The van der Waals surface area contributed by atoms with Gasteiger partial charge in [0.25, 0.3) is 5.56 Å². The molecule has 0 spiro atoms. The van der Waals surface area contributed by atoms with E-state index in [9.17, 15) is 4.79 Å². The molecule has 0 bridgehead atoms. The van der Waals surface area contributed by atoms with Crippen LogP contribution >= 0.6 is 0 Å². The maximum Gasteiger partial charge on any atom is 0.250 e. The molecule has 1 aliphatic heterocycles. The molecule has 4 heteroatoms. The lowest BCUT2D eigenvalue weighted by atomic mass is 10.2. The Morgan fingerprint density at radius 3 is 2.94 bits per heavy atom. The van der Waals surface area contributed by atoms with Gasteiger partial charge in [-0.05, 0) is 32.4 Å². The normalized spacial score (nSPS) is 21.4. The van der Waals surface area contributed by atoms with Crippen molar-refractivity contribution >= 4 is 0 Å². The van der Waals surface area contributed by atoms with Crippen LogP contribution in [0, 0.1) is 6.92 Å². The first-order valence-corrected chi connectivity index (χ1v) is 6.59. The maximum absolute atomic E-state index is 11.8. The van der Waals surface area contributed by atoms with E-state index in [1.165, 1.54) is 0 Å². The summed E-state index contributed by atoms with van der Waals surface area (Å²) >= 11 is 0. The van der Waals surface area contributed by atoms with E-state index in [0.29, 0.717) is 12.6 Å². The predicted octanol–water partition coefficient (Wildman–Crippen LogP) is 1.27. The zero-order chi connectivity index (χ0) is 13.1. The number of hydrogen-bond donors (Lipinski definition) is 0. The Kier molecular flexibility index (Phi) is 4.19. The van der Waals surface area contributed by atoms with Crippen molar-refractivity contribution in [3.05, 3.63) is 34.2 Å². The number of aromatic nitrogens is 1. The average Bonchev–Trinajstić information content (AvgIpc) is 2.33. The minimum absolute atomic E-state index is 0.0558. The molecule has 100 valence electrons. The fourth-order valence-corrected chi connectivity index (χ4v) is 2.30. The van der Waals surface area contributed by atoms with E-state index >= 15 is 0 Å². The van der Waals surface area contributed by atoms with Crippen LogP contribution in [0.5, 0.6) is 0 Å². The first-order chi connectivity index (χ1) is 8.56. The van der Waals surface area contributed by atoms with Crippen LogP contribution in [-0.2, 0) is 11.3 Å². The standard InChI is InChI=1S/C14H22N2O2/c1-11(2)15-6-7-18-13(9-15)10-16-5-4-12(3)8-14(16)17/h4-5,8,11,13H,6-7,9-10H2,1-3H3. The van der Waals surface area contributed by atoms with Gasteiger partial charge < -0.3 is 9.30 Å². The third kappa shape index (κ3) is 3.21. The summed E-state index contributed by atoms with van der Waals surface area (Å²) in [5, 5.41) is 0. The number of morpholine rings is 1. The first-order valence-electron chi connectivity index (χ1n) is 6.59. The minimum atomic E-state index is 0.0558. The van der Waals surface area contributed by atoms with Crippen molar-refractivity contribution in [3.8, 4) is 0 Å². The third-order valence-corrected chi connectivity index (χ3v) is 3.45. The Morgan fingerprint density at radius 1 is 1.50 bits per heavy atom. The molecule has 0 radical (unpaired) electrons. The number of aryl methyl sites for hydroxylation is 1. The number of pyridine rings is 1. The van der Waals surface area contributed by atoms with Crippen molar-refractivity contribution in [1.29, 1.82) is 0 Å². The van der Waals surface area contributed by atoms with Crippen molar-refractivity contribution in [1.82, 2.24) is 9.47 Å². The van der Waals surface area contributed by atoms with Gasteiger partial charge in [-0.2, -0.15) is 0 Å². The SMILES string of the molecule is Cc1ccn(CC2CN(C(C)C)CCO2)c(=O)c1. The summed E-state index contributed by atoms with van der Waals surface area (Å²) in [7, 11) is 0. The Morgan fingerprint density at radius 2 is 2.28 bits per heavy atom. The molecule has 18 heavy (non-hydrogen) atoms. The van der Waals surface area contributed by atoms with Gasteiger partial charge in [0.1, 0.15) is 0 Å². The van der Waals surface area contributed by atoms with E-state index in [-0.39, 0.29) is 11.7 Å². The Labute approximate surface area is 108 Å². The molecule has 0 aliphatic carbocycles. The van der Waals surface area contributed by atoms with Gasteiger partial charge >= 0.3 is 0 Å². The van der Waals surface area contributed by atoms with Gasteiger partial charge in [0, 0.05) is 31.4 Å². The molecule has 2 rings (SSSR count). The van der Waals surface area contributed by atoms with E-state index in [1.54, 1.807) is 10.6 Å². The number of nitrogens with zero attached hydrogens (tertiary/aromatic N) is 2.